The van der Waals surface area contributed by atoms with E-state index in [0.29, 0.717) is 23.9 Å². The number of nitrogens with zero attached hydrogens (tertiary/aromatic N) is 2. The molecule has 1 fully saturated rings. The maximum Gasteiger partial charge on any atom is 0.127 e. The van der Waals surface area contributed by atoms with Crippen LogP contribution in [0.3, 0.4) is 0 Å². The minimum absolute atomic E-state index is 0.174. The summed E-state index contributed by atoms with van der Waals surface area (Å²) >= 11 is 0. The Labute approximate surface area is 161 Å². The standard InChI is InChI=1S/C22H29FN2O2/c1-27-21-7-8-22(23)19(15-21)16-24-12-13-25(20(17-24)10-14-26)11-9-18-5-3-2-4-6-18/h2-8,15,20,26H,9-14,16-17H2,1H3/t20-/m0/s1. The second-order valence-electron chi connectivity index (χ2n) is 7.13. The molecule has 1 heterocycles. The molecule has 3 rings (SSSR count). The van der Waals surface area contributed by atoms with Gasteiger partial charge in [0.15, 0.2) is 0 Å². The van der Waals surface area contributed by atoms with Crippen LogP contribution in [-0.2, 0) is 13.0 Å². The largest absolute Gasteiger partial charge is 0.497 e. The van der Waals surface area contributed by atoms with Gasteiger partial charge >= 0.3 is 0 Å². The van der Waals surface area contributed by atoms with E-state index in [9.17, 15) is 9.50 Å². The Hall–Kier alpha value is -1.95. The maximum absolute atomic E-state index is 14.2. The van der Waals surface area contributed by atoms with Crippen molar-refractivity contribution in [3.05, 3.63) is 65.5 Å². The second kappa shape index (κ2) is 9.83. The summed E-state index contributed by atoms with van der Waals surface area (Å²) < 4.78 is 19.4. The van der Waals surface area contributed by atoms with Crippen LogP contribution in [-0.4, -0.2) is 60.8 Å². The molecular weight excluding hydrogens is 343 g/mol. The Morgan fingerprint density at radius 3 is 2.70 bits per heavy atom. The Balaban J connectivity index is 1.60. The fraction of sp³-hybridized carbons (Fsp3) is 0.455. The molecule has 0 aromatic heterocycles. The molecule has 0 spiro atoms. The molecule has 0 aliphatic carbocycles. The smallest absolute Gasteiger partial charge is 0.127 e. The van der Waals surface area contributed by atoms with Crippen LogP contribution in [0, 0.1) is 5.82 Å². The fourth-order valence-electron chi connectivity index (χ4n) is 3.78. The number of methoxy groups -OCH3 is 1. The normalized spacial score (nSPS) is 18.6. The number of piperazine rings is 1. The van der Waals surface area contributed by atoms with Gasteiger partial charge in [-0.3, -0.25) is 9.80 Å². The summed E-state index contributed by atoms with van der Waals surface area (Å²) in [5, 5.41) is 9.49. The van der Waals surface area contributed by atoms with E-state index in [4.69, 9.17) is 4.74 Å². The van der Waals surface area contributed by atoms with Crippen molar-refractivity contribution in [2.24, 2.45) is 0 Å². The summed E-state index contributed by atoms with van der Waals surface area (Å²) in [5.74, 6) is 0.487. The number of aliphatic hydroxyl groups excluding tert-OH is 1. The lowest BCUT2D eigenvalue weighted by Crippen LogP contribution is -2.53. The van der Waals surface area contributed by atoms with E-state index in [1.165, 1.54) is 11.6 Å². The average Bonchev–Trinajstić information content (AvgIpc) is 2.70. The zero-order valence-corrected chi connectivity index (χ0v) is 16.0. The van der Waals surface area contributed by atoms with Gasteiger partial charge in [0.05, 0.1) is 7.11 Å². The van der Waals surface area contributed by atoms with E-state index in [2.05, 4.69) is 34.1 Å². The predicted octanol–water partition coefficient (Wildman–Crippen LogP) is 2.95. The van der Waals surface area contributed by atoms with Crippen molar-refractivity contribution in [1.29, 1.82) is 0 Å². The van der Waals surface area contributed by atoms with Crippen molar-refractivity contribution in [3.8, 4) is 5.75 Å². The lowest BCUT2D eigenvalue weighted by Gasteiger charge is -2.41. The molecule has 2 aromatic rings. The highest BCUT2D eigenvalue weighted by Crippen LogP contribution is 2.21. The quantitative estimate of drug-likeness (QED) is 0.773. The summed E-state index contributed by atoms with van der Waals surface area (Å²) in [5.41, 5.74) is 2.00. The van der Waals surface area contributed by atoms with Crippen LogP contribution < -0.4 is 4.74 Å². The van der Waals surface area contributed by atoms with Crippen molar-refractivity contribution in [1.82, 2.24) is 9.80 Å². The van der Waals surface area contributed by atoms with Crippen LogP contribution in [0.15, 0.2) is 48.5 Å². The van der Waals surface area contributed by atoms with Crippen molar-refractivity contribution in [3.63, 3.8) is 0 Å². The lowest BCUT2D eigenvalue weighted by atomic mass is 10.1. The number of benzene rings is 2. The van der Waals surface area contributed by atoms with E-state index < -0.39 is 0 Å². The van der Waals surface area contributed by atoms with Crippen LogP contribution in [0.1, 0.15) is 17.5 Å². The molecule has 0 radical (unpaired) electrons. The van der Waals surface area contributed by atoms with E-state index in [1.54, 1.807) is 19.2 Å². The first-order chi connectivity index (χ1) is 13.2. The van der Waals surface area contributed by atoms with Gasteiger partial charge in [-0.05, 0) is 36.6 Å². The molecule has 4 nitrogen and oxygen atoms in total. The highest BCUT2D eigenvalue weighted by molar-refractivity contribution is 5.29. The molecule has 146 valence electrons. The molecule has 0 bridgehead atoms. The highest BCUT2D eigenvalue weighted by atomic mass is 19.1. The molecule has 1 N–H and O–H groups in total. The van der Waals surface area contributed by atoms with Gasteiger partial charge in [0.2, 0.25) is 0 Å². The monoisotopic (exact) mass is 372 g/mol. The zero-order chi connectivity index (χ0) is 19.1. The van der Waals surface area contributed by atoms with Gasteiger partial charge in [-0.25, -0.2) is 4.39 Å². The first-order valence-corrected chi connectivity index (χ1v) is 9.63. The van der Waals surface area contributed by atoms with Gasteiger partial charge in [-0.15, -0.1) is 0 Å². The van der Waals surface area contributed by atoms with E-state index in [0.717, 1.165) is 39.0 Å². The molecule has 0 unspecified atom stereocenters. The van der Waals surface area contributed by atoms with Crippen LogP contribution >= 0.6 is 0 Å². The number of hydrogen-bond acceptors (Lipinski definition) is 4. The van der Waals surface area contributed by atoms with Gasteiger partial charge in [-0.1, -0.05) is 30.3 Å². The van der Waals surface area contributed by atoms with Gasteiger partial charge < -0.3 is 9.84 Å². The Bertz CT molecular complexity index is 711. The minimum atomic E-state index is -0.194. The zero-order valence-electron chi connectivity index (χ0n) is 16.0. The molecule has 0 amide bonds. The van der Waals surface area contributed by atoms with Crippen LogP contribution in [0.25, 0.3) is 0 Å². The fourth-order valence-corrected chi connectivity index (χ4v) is 3.78. The van der Waals surface area contributed by atoms with E-state index >= 15 is 0 Å². The van der Waals surface area contributed by atoms with Crippen molar-refractivity contribution in [2.45, 2.75) is 25.4 Å². The molecule has 1 atom stereocenters. The van der Waals surface area contributed by atoms with Gasteiger partial charge in [0.1, 0.15) is 11.6 Å². The first kappa shape index (κ1) is 19.8. The Morgan fingerprint density at radius 1 is 1.15 bits per heavy atom. The SMILES string of the molecule is COc1ccc(F)c(CN2CCN(CCc3ccccc3)[C@@H](CCO)C2)c1. The molecule has 0 saturated carbocycles. The van der Waals surface area contributed by atoms with Gasteiger partial charge in [0, 0.05) is 50.9 Å². The highest BCUT2D eigenvalue weighted by Gasteiger charge is 2.26. The molecule has 5 heteroatoms. The number of ether oxygens (including phenoxy) is 1. The topological polar surface area (TPSA) is 35.9 Å². The van der Waals surface area contributed by atoms with Gasteiger partial charge in [0.25, 0.3) is 0 Å². The third-order valence-electron chi connectivity index (χ3n) is 5.33. The van der Waals surface area contributed by atoms with Crippen LogP contribution in [0.2, 0.25) is 0 Å². The summed E-state index contributed by atoms with van der Waals surface area (Å²) in [4.78, 5) is 4.73. The third-order valence-corrected chi connectivity index (χ3v) is 5.33. The molecule has 1 saturated heterocycles. The number of aliphatic hydroxyl groups is 1. The Kier molecular flexibility index (Phi) is 7.21. The van der Waals surface area contributed by atoms with E-state index in [-0.39, 0.29) is 12.4 Å². The third kappa shape index (κ3) is 5.51. The summed E-state index contributed by atoms with van der Waals surface area (Å²) in [7, 11) is 1.60. The lowest BCUT2D eigenvalue weighted by molar-refractivity contribution is 0.0556. The second-order valence-corrected chi connectivity index (χ2v) is 7.13. The van der Waals surface area contributed by atoms with Crippen molar-refractivity contribution >= 4 is 0 Å². The molecular formula is C22H29FN2O2. The molecule has 1 aliphatic rings. The number of rotatable bonds is 8. The number of hydrogen-bond donors (Lipinski definition) is 1. The van der Waals surface area contributed by atoms with Crippen LogP contribution in [0.5, 0.6) is 5.75 Å². The summed E-state index contributed by atoms with van der Waals surface area (Å²) in [6.07, 6.45) is 1.75. The average molecular weight is 372 g/mol. The molecule has 2 aromatic carbocycles. The summed E-state index contributed by atoms with van der Waals surface area (Å²) in [6, 6.07) is 15.7. The first-order valence-electron chi connectivity index (χ1n) is 9.63. The van der Waals surface area contributed by atoms with Crippen molar-refractivity contribution in [2.75, 3.05) is 39.9 Å². The van der Waals surface area contributed by atoms with Gasteiger partial charge in [-0.2, -0.15) is 0 Å². The summed E-state index contributed by atoms with van der Waals surface area (Å²) in [6.45, 7) is 4.39. The molecule has 27 heavy (non-hydrogen) atoms. The Morgan fingerprint density at radius 2 is 1.96 bits per heavy atom. The van der Waals surface area contributed by atoms with Crippen LogP contribution in [0.4, 0.5) is 4.39 Å². The molecule has 1 aliphatic heterocycles. The van der Waals surface area contributed by atoms with Crippen molar-refractivity contribution < 1.29 is 14.2 Å². The predicted molar refractivity (Wildman–Crippen MR) is 105 cm³/mol. The minimum Gasteiger partial charge on any atom is -0.497 e. The maximum atomic E-state index is 14.2. The number of halogens is 1. The van der Waals surface area contributed by atoms with E-state index in [1.807, 2.05) is 6.07 Å².